The summed E-state index contributed by atoms with van der Waals surface area (Å²) in [5.41, 5.74) is 0. The van der Waals surface area contributed by atoms with E-state index in [2.05, 4.69) is 20.8 Å². The highest BCUT2D eigenvalue weighted by molar-refractivity contribution is 7.99. The maximum Gasteiger partial charge on any atom is 0.209 e. The number of aromatic nitrogens is 4. The van der Waals surface area contributed by atoms with Gasteiger partial charge >= 0.3 is 0 Å². The molecule has 0 spiro atoms. The van der Waals surface area contributed by atoms with Crippen LogP contribution in [0.2, 0.25) is 0 Å². The van der Waals surface area contributed by atoms with Crippen LogP contribution in [0.4, 0.5) is 0 Å². The fraction of sp³-hybridized carbons (Fsp3) is 0.889. The van der Waals surface area contributed by atoms with Crippen LogP contribution in [-0.4, -0.2) is 37.5 Å². The van der Waals surface area contributed by atoms with Crippen molar-refractivity contribution in [3.8, 4) is 0 Å². The van der Waals surface area contributed by atoms with Crippen LogP contribution in [0, 0.1) is 0 Å². The van der Waals surface area contributed by atoms with E-state index in [0.29, 0.717) is 5.25 Å². The average molecular weight is 225 g/mol. The van der Waals surface area contributed by atoms with Crippen molar-refractivity contribution in [3.05, 3.63) is 0 Å². The van der Waals surface area contributed by atoms with E-state index in [1.165, 1.54) is 25.7 Å². The van der Waals surface area contributed by atoms with Crippen molar-refractivity contribution in [2.24, 2.45) is 7.05 Å². The number of hydrogen-bond donors (Lipinski definition) is 1. The van der Waals surface area contributed by atoms with E-state index in [9.17, 15) is 0 Å². The lowest BCUT2D eigenvalue weighted by molar-refractivity contribution is 0.414. The number of thioether (sulfide) groups is 1. The van der Waals surface area contributed by atoms with Gasteiger partial charge in [0, 0.05) is 24.4 Å². The zero-order chi connectivity index (χ0) is 10.3. The summed E-state index contributed by atoms with van der Waals surface area (Å²) >= 11 is 1.83. The van der Waals surface area contributed by atoms with Crippen LogP contribution in [0.25, 0.3) is 0 Å². The van der Waals surface area contributed by atoms with Gasteiger partial charge in [0.05, 0.1) is 0 Å². The molecular weight excluding hydrogens is 210 g/mol. The lowest BCUT2D eigenvalue weighted by Gasteiger charge is -2.27. The van der Waals surface area contributed by atoms with Crippen LogP contribution < -0.4 is 5.32 Å². The summed E-state index contributed by atoms with van der Waals surface area (Å²) in [7, 11) is 1.90. The molecule has 82 valence electrons. The van der Waals surface area contributed by atoms with Gasteiger partial charge < -0.3 is 5.32 Å². The topological polar surface area (TPSA) is 55.6 Å². The fourth-order valence-corrected chi connectivity index (χ4v) is 3.80. The number of piperidine rings is 1. The van der Waals surface area contributed by atoms with Crippen LogP contribution in [0.15, 0.2) is 5.16 Å². The summed E-state index contributed by atoms with van der Waals surface area (Å²) in [6, 6.07) is 1.48. The monoisotopic (exact) mass is 225 g/mol. The molecule has 2 atom stereocenters. The van der Waals surface area contributed by atoms with Gasteiger partial charge in [-0.15, -0.1) is 5.10 Å². The predicted molar refractivity (Wildman–Crippen MR) is 57.6 cm³/mol. The van der Waals surface area contributed by atoms with Gasteiger partial charge in [-0.1, -0.05) is 11.8 Å². The number of hydrogen-bond acceptors (Lipinski definition) is 5. The second-order valence-electron chi connectivity index (χ2n) is 4.43. The van der Waals surface area contributed by atoms with Crippen molar-refractivity contribution < 1.29 is 0 Å². The Morgan fingerprint density at radius 1 is 1.33 bits per heavy atom. The molecule has 2 saturated heterocycles. The van der Waals surface area contributed by atoms with E-state index in [1.54, 1.807) is 4.68 Å². The molecular formula is C9H15N5S. The summed E-state index contributed by atoms with van der Waals surface area (Å²) in [5, 5.41) is 16.8. The highest BCUT2D eigenvalue weighted by atomic mass is 32.2. The number of nitrogens with zero attached hydrogens (tertiary/aromatic N) is 4. The Bertz CT molecular complexity index is 340. The number of tetrazole rings is 1. The Hall–Kier alpha value is -0.620. The van der Waals surface area contributed by atoms with Crippen LogP contribution in [0.3, 0.4) is 0 Å². The number of rotatable bonds is 2. The molecule has 15 heavy (non-hydrogen) atoms. The second-order valence-corrected chi connectivity index (χ2v) is 5.70. The standard InChI is InChI=1S/C9H15N5S/c1-14-9(11-12-13-14)15-8-4-6-2-3-7(5-8)10-6/h6-8,10H,2-5H2,1H3. The third-order valence-electron chi connectivity index (χ3n) is 3.28. The molecule has 1 aromatic rings. The Morgan fingerprint density at radius 3 is 2.67 bits per heavy atom. The molecule has 2 aliphatic heterocycles. The van der Waals surface area contributed by atoms with Crippen LogP contribution in [0.1, 0.15) is 25.7 Å². The van der Waals surface area contributed by atoms with Crippen molar-refractivity contribution >= 4 is 11.8 Å². The van der Waals surface area contributed by atoms with Crippen LogP contribution >= 0.6 is 11.8 Å². The van der Waals surface area contributed by atoms with Crippen LogP contribution in [-0.2, 0) is 7.05 Å². The quantitative estimate of drug-likeness (QED) is 0.798. The minimum atomic E-state index is 0.688. The van der Waals surface area contributed by atoms with Crippen molar-refractivity contribution in [1.82, 2.24) is 25.5 Å². The zero-order valence-corrected chi connectivity index (χ0v) is 9.57. The summed E-state index contributed by atoms with van der Waals surface area (Å²) in [6.07, 6.45) is 5.21. The average Bonchev–Trinajstić information content (AvgIpc) is 2.75. The molecule has 0 radical (unpaired) electrons. The smallest absolute Gasteiger partial charge is 0.209 e. The van der Waals surface area contributed by atoms with Gasteiger partial charge in [-0.25, -0.2) is 4.68 Å². The van der Waals surface area contributed by atoms with Gasteiger partial charge in [-0.05, 0) is 36.1 Å². The highest BCUT2D eigenvalue weighted by Crippen LogP contribution is 2.35. The van der Waals surface area contributed by atoms with Gasteiger partial charge in [0.15, 0.2) is 0 Å². The van der Waals surface area contributed by atoms with Crippen molar-refractivity contribution in [3.63, 3.8) is 0 Å². The molecule has 2 aliphatic rings. The minimum Gasteiger partial charge on any atom is -0.311 e. The molecule has 2 bridgehead atoms. The first-order valence-corrected chi connectivity index (χ1v) is 6.34. The van der Waals surface area contributed by atoms with Gasteiger partial charge in [0.25, 0.3) is 0 Å². The van der Waals surface area contributed by atoms with E-state index < -0.39 is 0 Å². The first-order chi connectivity index (χ1) is 7.31. The van der Waals surface area contributed by atoms with E-state index in [0.717, 1.165) is 17.2 Å². The maximum atomic E-state index is 4.02. The number of fused-ring (bicyclic) bond motifs is 2. The van der Waals surface area contributed by atoms with Crippen LogP contribution in [0.5, 0.6) is 0 Å². The van der Waals surface area contributed by atoms with E-state index in [-0.39, 0.29) is 0 Å². The summed E-state index contributed by atoms with van der Waals surface area (Å²) in [5.74, 6) is 0. The van der Waals surface area contributed by atoms with E-state index in [4.69, 9.17) is 0 Å². The predicted octanol–water partition coefficient (Wildman–Crippen LogP) is 0.585. The van der Waals surface area contributed by atoms with E-state index in [1.807, 2.05) is 18.8 Å². The molecule has 1 aromatic heterocycles. The summed E-state index contributed by atoms with van der Waals surface area (Å²) in [4.78, 5) is 0. The first kappa shape index (κ1) is 9.59. The highest BCUT2D eigenvalue weighted by Gasteiger charge is 2.34. The minimum absolute atomic E-state index is 0.688. The summed E-state index contributed by atoms with van der Waals surface area (Å²) in [6.45, 7) is 0. The van der Waals surface area contributed by atoms with Gasteiger partial charge in [-0.3, -0.25) is 0 Å². The number of aryl methyl sites for hydroxylation is 1. The molecule has 2 fully saturated rings. The zero-order valence-electron chi connectivity index (χ0n) is 8.76. The molecule has 0 aliphatic carbocycles. The molecule has 0 saturated carbocycles. The third kappa shape index (κ3) is 1.88. The van der Waals surface area contributed by atoms with Crippen molar-refractivity contribution in [2.45, 2.75) is 48.2 Å². The Labute approximate surface area is 93.0 Å². The first-order valence-electron chi connectivity index (χ1n) is 5.46. The van der Waals surface area contributed by atoms with Crippen molar-refractivity contribution in [2.75, 3.05) is 0 Å². The molecule has 0 aromatic carbocycles. The Morgan fingerprint density at radius 2 is 2.07 bits per heavy atom. The lowest BCUT2D eigenvalue weighted by Crippen LogP contribution is -2.39. The third-order valence-corrected chi connectivity index (χ3v) is 4.56. The SMILES string of the molecule is Cn1nnnc1SC1CC2CCC(C1)N2. The largest absolute Gasteiger partial charge is 0.311 e. The summed E-state index contributed by atoms with van der Waals surface area (Å²) < 4.78 is 1.76. The van der Waals surface area contributed by atoms with Gasteiger partial charge in [0.1, 0.15) is 0 Å². The van der Waals surface area contributed by atoms with E-state index >= 15 is 0 Å². The van der Waals surface area contributed by atoms with Crippen molar-refractivity contribution in [1.29, 1.82) is 0 Å². The lowest BCUT2D eigenvalue weighted by atomic mass is 10.1. The molecule has 3 heterocycles. The van der Waals surface area contributed by atoms with Gasteiger partial charge in [0.2, 0.25) is 5.16 Å². The molecule has 5 nitrogen and oxygen atoms in total. The second kappa shape index (κ2) is 3.75. The number of nitrogens with one attached hydrogen (secondary N) is 1. The molecule has 6 heteroatoms. The Balaban J connectivity index is 1.67. The molecule has 3 rings (SSSR count). The van der Waals surface area contributed by atoms with Gasteiger partial charge in [-0.2, -0.15) is 0 Å². The normalized spacial score (nSPS) is 34.6. The maximum absolute atomic E-state index is 4.02. The Kier molecular flexibility index (Phi) is 2.40. The molecule has 1 N–H and O–H groups in total. The molecule has 0 amide bonds. The fourth-order valence-electron chi connectivity index (χ4n) is 2.57. The molecule has 2 unspecified atom stereocenters.